The summed E-state index contributed by atoms with van der Waals surface area (Å²) in [6, 6.07) is 0. The molecule has 0 bridgehead atoms. The van der Waals surface area contributed by atoms with Crippen LogP contribution < -0.4 is 0 Å². The van der Waals surface area contributed by atoms with Crippen LogP contribution in [-0.2, 0) is 0 Å². The van der Waals surface area contributed by atoms with Gasteiger partial charge in [-0.05, 0) is 122 Å². The first kappa shape index (κ1) is 19.5. The molecule has 7 aliphatic carbocycles. The predicted molar refractivity (Wildman–Crippen MR) is 125 cm³/mol. The van der Waals surface area contributed by atoms with E-state index in [9.17, 15) is 0 Å². The van der Waals surface area contributed by atoms with Crippen LogP contribution in [-0.4, -0.2) is 0 Å². The standard InChI is InChI=1S/C30H48/c1-2-8-20-14-24-18-30-28(17-23(24)13-19(20)7-1)26-12-6-5-11-25(26)27-15-21-9-3-4-10-22(21)16-29(27)30/h19-30H,1-18H2/t19-,20+,21+,22-,23-,24+,25+,26-,27+,28-,29+,30-/m0/s1. The van der Waals surface area contributed by atoms with E-state index in [1.807, 2.05) is 0 Å². The summed E-state index contributed by atoms with van der Waals surface area (Å²) in [4.78, 5) is 0. The highest BCUT2D eigenvalue weighted by atomic mass is 14.6. The molecule has 12 atom stereocenters. The Labute approximate surface area is 186 Å². The van der Waals surface area contributed by atoms with Gasteiger partial charge in [0.25, 0.3) is 0 Å². The second-order valence-electron chi connectivity index (χ2n) is 13.8. The second kappa shape index (κ2) is 7.80. The largest absolute Gasteiger partial charge is 0.0530 e. The molecule has 0 unspecified atom stereocenters. The van der Waals surface area contributed by atoms with Crippen molar-refractivity contribution in [2.45, 2.75) is 116 Å². The zero-order valence-electron chi connectivity index (χ0n) is 19.7. The van der Waals surface area contributed by atoms with Crippen molar-refractivity contribution >= 4 is 0 Å². The molecule has 0 aromatic rings. The third-order valence-electron chi connectivity index (χ3n) is 12.9. The van der Waals surface area contributed by atoms with Gasteiger partial charge in [0, 0.05) is 0 Å². The maximum Gasteiger partial charge on any atom is -0.0349 e. The number of hydrogen-bond acceptors (Lipinski definition) is 0. The van der Waals surface area contributed by atoms with Crippen molar-refractivity contribution in [1.82, 2.24) is 0 Å². The smallest absolute Gasteiger partial charge is 0.0349 e. The molecule has 0 radical (unpaired) electrons. The van der Waals surface area contributed by atoms with Crippen LogP contribution in [0.15, 0.2) is 0 Å². The van der Waals surface area contributed by atoms with E-state index in [-0.39, 0.29) is 0 Å². The Kier molecular flexibility index (Phi) is 5.06. The first-order valence-corrected chi connectivity index (χ1v) is 14.8. The zero-order valence-corrected chi connectivity index (χ0v) is 19.7. The molecule has 0 aromatic heterocycles. The van der Waals surface area contributed by atoms with Gasteiger partial charge in [0.05, 0.1) is 0 Å². The molecule has 0 nitrogen and oxygen atoms in total. The van der Waals surface area contributed by atoms with Gasteiger partial charge in [-0.2, -0.15) is 0 Å². The summed E-state index contributed by atoms with van der Waals surface area (Å²) < 4.78 is 0. The molecular weight excluding hydrogens is 360 g/mol. The molecule has 0 heteroatoms. The number of hydrogen-bond donors (Lipinski definition) is 0. The summed E-state index contributed by atoms with van der Waals surface area (Å²) in [5, 5.41) is 0. The highest BCUT2D eigenvalue weighted by Crippen LogP contribution is 2.65. The third kappa shape index (κ3) is 3.11. The summed E-state index contributed by atoms with van der Waals surface area (Å²) in [6.07, 6.45) is 29.1. The number of rotatable bonds is 0. The molecule has 7 rings (SSSR count). The highest BCUT2D eigenvalue weighted by Gasteiger charge is 2.57. The van der Waals surface area contributed by atoms with E-state index in [0.29, 0.717) is 0 Å². The van der Waals surface area contributed by atoms with E-state index in [0.717, 1.165) is 53.3 Å². The van der Waals surface area contributed by atoms with Crippen LogP contribution >= 0.6 is 0 Å². The van der Waals surface area contributed by atoms with Crippen molar-refractivity contribution in [2.24, 2.45) is 71.0 Å². The fraction of sp³-hybridized carbons (Fsp3) is 1.00. The van der Waals surface area contributed by atoms with E-state index in [1.54, 1.807) is 116 Å². The van der Waals surface area contributed by atoms with Crippen LogP contribution in [0.3, 0.4) is 0 Å². The molecule has 0 spiro atoms. The second-order valence-corrected chi connectivity index (χ2v) is 13.8. The van der Waals surface area contributed by atoms with Crippen LogP contribution in [0, 0.1) is 71.0 Å². The quantitative estimate of drug-likeness (QED) is 0.377. The third-order valence-corrected chi connectivity index (χ3v) is 12.9. The molecular formula is C30H48. The predicted octanol–water partition coefficient (Wildman–Crippen LogP) is 8.50. The molecule has 7 saturated carbocycles. The Hall–Kier alpha value is 0. The van der Waals surface area contributed by atoms with Gasteiger partial charge in [0.15, 0.2) is 0 Å². The Bertz CT molecular complexity index is 622. The highest BCUT2D eigenvalue weighted by molar-refractivity contribution is 5.06. The Balaban J connectivity index is 1.17. The molecule has 0 aromatic carbocycles. The van der Waals surface area contributed by atoms with Crippen LogP contribution in [0.4, 0.5) is 0 Å². The SMILES string of the molecule is C1CC[C@H]2C[C@H]3C[C@H]4[C@H]5CCCC[C@H]5[C@H]5C[C@H]6CCCC[C@H]6C[C@H]5[C@H]4C[C@H]3C[C@H]2C1. The van der Waals surface area contributed by atoms with E-state index in [1.165, 1.54) is 17.8 Å². The maximum absolute atomic E-state index is 1.69. The minimum atomic E-state index is 1.15. The monoisotopic (exact) mass is 408 g/mol. The normalized spacial score (nSPS) is 57.6. The average Bonchev–Trinajstić information content (AvgIpc) is 2.81. The first-order chi connectivity index (χ1) is 14.8. The summed E-state index contributed by atoms with van der Waals surface area (Å²) >= 11 is 0. The molecule has 7 fully saturated rings. The molecule has 0 heterocycles. The lowest BCUT2D eigenvalue weighted by Crippen LogP contribution is -2.55. The van der Waals surface area contributed by atoms with Crippen LogP contribution in [0.5, 0.6) is 0 Å². The molecule has 30 heavy (non-hydrogen) atoms. The molecule has 0 N–H and O–H groups in total. The summed E-state index contributed by atoms with van der Waals surface area (Å²) in [5.41, 5.74) is 0. The van der Waals surface area contributed by atoms with Gasteiger partial charge in [-0.3, -0.25) is 0 Å². The van der Waals surface area contributed by atoms with Gasteiger partial charge in [-0.15, -0.1) is 0 Å². The molecule has 0 amide bonds. The lowest BCUT2D eigenvalue weighted by atomic mass is 9.43. The van der Waals surface area contributed by atoms with Gasteiger partial charge >= 0.3 is 0 Å². The van der Waals surface area contributed by atoms with Crippen LogP contribution in [0.1, 0.15) is 116 Å². The van der Waals surface area contributed by atoms with E-state index >= 15 is 0 Å². The van der Waals surface area contributed by atoms with Gasteiger partial charge in [-0.25, -0.2) is 0 Å². The van der Waals surface area contributed by atoms with Gasteiger partial charge < -0.3 is 0 Å². The first-order valence-electron chi connectivity index (χ1n) is 14.8. The van der Waals surface area contributed by atoms with Crippen molar-refractivity contribution in [1.29, 1.82) is 0 Å². The Morgan fingerprint density at radius 1 is 0.233 bits per heavy atom. The minimum Gasteiger partial charge on any atom is -0.0530 e. The lowest BCUT2D eigenvalue weighted by molar-refractivity contribution is -0.133. The topological polar surface area (TPSA) is 0 Å². The van der Waals surface area contributed by atoms with Crippen molar-refractivity contribution in [2.75, 3.05) is 0 Å². The fourth-order valence-electron chi connectivity index (χ4n) is 11.9. The van der Waals surface area contributed by atoms with Crippen molar-refractivity contribution in [3.63, 3.8) is 0 Å². The van der Waals surface area contributed by atoms with Crippen molar-refractivity contribution in [3.8, 4) is 0 Å². The zero-order chi connectivity index (χ0) is 19.7. The molecule has 168 valence electrons. The Morgan fingerprint density at radius 3 is 0.967 bits per heavy atom. The van der Waals surface area contributed by atoms with E-state index < -0.39 is 0 Å². The average molecular weight is 409 g/mol. The molecule has 7 aliphatic rings. The Morgan fingerprint density at radius 2 is 0.533 bits per heavy atom. The fourth-order valence-corrected chi connectivity index (χ4v) is 11.9. The van der Waals surface area contributed by atoms with Crippen molar-refractivity contribution < 1.29 is 0 Å². The minimum absolute atomic E-state index is 1.15. The summed E-state index contributed by atoms with van der Waals surface area (Å²) in [5.74, 6) is 13.9. The summed E-state index contributed by atoms with van der Waals surface area (Å²) in [7, 11) is 0. The van der Waals surface area contributed by atoms with E-state index in [2.05, 4.69) is 0 Å². The van der Waals surface area contributed by atoms with Gasteiger partial charge in [-0.1, -0.05) is 64.2 Å². The molecule has 0 saturated heterocycles. The van der Waals surface area contributed by atoms with Crippen LogP contribution in [0.25, 0.3) is 0 Å². The summed E-state index contributed by atoms with van der Waals surface area (Å²) in [6.45, 7) is 0. The van der Waals surface area contributed by atoms with Crippen molar-refractivity contribution in [3.05, 3.63) is 0 Å². The maximum atomic E-state index is 1.69. The number of fused-ring (bicyclic) bond motifs is 9. The lowest BCUT2D eigenvalue weighted by Gasteiger charge is -2.62. The van der Waals surface area contributed by atoms with Crippen LogP contribution in [0.2, 0.25) is 0 Å². The van der Waals surface area contributed by atoms with E-state index in [4.69, 9.17) is 0 Å². The van der Waals surface area contributed by atoms with Gasteiger partial charge in [0.1, 0.15) is 0 Å². The van der Waals surface area contributed by atoms with Gasteiger partial charge in [0.2, 0.25) is 0 Å². The molecule has 0 aliphatic heterocycles.